The summed E-state index contributed by atoms with van der Waals surface area (Å²) in [5.74, 6) is -2.71. The molecule has 0 aliphatic carbocycles. The van der Waals surface area contributed by atoms with E-state index in [0.717, 1.165) is 24.3 Å². The van der Waals surface area contributed by atoms with Crippen LogP contribution in [0.1, 0.15) is 15.9 Å². The van der Waals surface area contributed by atoms with Gasteiger partial charge in [0.25, 0.3) is 20.2 Å². The molecule has 0 atom stereocenters. The maximum Gasteiger partial charge on any atom is 0.338 e. The number of phenolic OH excluding ortho intramolecular Hbond substituents is 1. The van der Waals surface area contributed by atoms with Crippen LogP contribution in [0.5, 0.6) is 5.75 Å². The number of carbonyl (C=O) groups is 1. The summed E-state index contributed by atoms with van der Waals surface area (Å²) in [5.41, 5.74) is 1.01. The molecule has 0 saturated carbocycles. The lowest BCUT2D eigenvalue weighted by Crippen LogP contribution is -2.06. The third kappa shape index (κ3) is 8.19. The number of benzene rings is 3. The Morgan fingerprint density at radius 2 is 1.49 bits per heavy atom. The number of carboxylic acid groups (broad SMARTS) is 1. The van der Waals surface area contributed by atoms with Crippen LogP contribution in [0.2, 0.25) is 15.5 Å². The van der Waals surface area contributed by atoms with Crippen LogP contribution in [0, 0.1) is 0 Å². The molecule has 0 radical (unpaired) electrons. The second-order valence-corrected chi connectivity index (χ2v) is 12.4. The van der Waals surface area contributed by atoms with Crippen LogP contribution in [0.25, 0.3) is 0 Å². The Morgan fingerprint density at radius 1 is 0.844 bits per heavy atom. The number of hydrazone groups is 1. The second-order valence-electron chi connectivity index (χ2n) is 8.49. The molecule has 16 nitrogen and oxygen atoms in total. The maximum atomic E-state index is 12.0. The van der Waals surface area contributed by atoms with E-state index in [1.54, 1.807) is 18.2 Å². The van der Waals surface area contributed by atoms with Gasteiger partial charge in [0.1, 0.15) is 16.4 Å². The predicted octanol–water partition coefficient (Wildman–Crippen LogP) is 5.64. The van der Waals surface area contributed by atoms with E-state index in [2.05, 4.69) is 36.0 Å². The van der Waals surface area contributed by atoms with E-state index in [-0.39, 0.29) is 38.5 Å². The third-order valence-corrected chi connectivity index (χ3v) is 8.06. The molecule has 0 saturated heterocycles. The molecule has 0 spiro atoms. The predicted molar refractivity (Wildman–Crippen MR) is 163 cm³/mol. The number of aromatic nitrogens is 2. The highest BCUT2D eigenvalue weighted by molar-refractivity contribution is 7.86. The highest BCUT2D eigenvalue weighted by Crippen LogP contribution is 2.39. The average Bonchev–Trinajstić information content (AvgIpc) is 2.96. The smallest absolute Gasteiger partial charge is 0.338 e. The summed E-state index contributed by atoms with van der Waals surface area (Å²) in [6.07, 6.45) is 0. The van der Waals surface area contributed by atoms with Crippen molar-refractivity contribution in [3.05, 3.63) is 87.2 Å². The zero-order valence-electron chi connectivity index (χ0n) is 21.8. The van der Waals surface area contributed by atoms with Gasteiger partial charge in [-0.2, -0.15) is 26.9 Å². The van der Waals surface area contributed by atoms with Crippen molar-refractivity contribution < 1.29 is 40.9 Å². The molecule has 0 bridgehead atoms. The number of nitrogens with zero attached hydrogens (tertiary/aromatic N) is 5. The first-order valence-corrected chi connectivity index (χ1v) is 15.7. The quantitative estimate of drug-likeness (QED) is 0.0180. The lowest BCUT2D eigenvalue weighted by molar-refractivity contribution is 0.0697. The summed E-state index contributed by atoms with van der Waals surface area (Å²) in [6, 6.07) is 12.2. The van der Waals surface area contributed by atoms with Gasteiger partial charge in [-0.1, -0.05) is 53.5 Å². The summed E-state index contributed by atoms with van der Waals surface area (Å²) in [4.78, 5) is 17.8. The van der Waals surface area contributed by atoms with E-state index in [4.69, 9.17) is 34.8 Å². The van der Waals surface area contributed by atoms with Crippen molar-refractivity contribution in [1.29, 1.82) is 0 Å². The number of carboxylic acids is 1. The topological polar surface area (TPSA) is 253 Å². The van der Waals surface area contributed by atoms with Crippen LogP contribution in [0.3, 0.4) is 0 Å². The van der Waals surface area contributed by atoms with Gasteiger partial charge >= 0.3 is 5.97 Å². The highest BCUT2D eigenvalue weighted by Gasteiger charge is 2.21. The van der Waals surface area contributed by atoms with Gasteiger partial charge in [0.15, 0.2) is 16.7 Å². The number of rotatable bonds is 9. The normalized spacial score (nSPS) is 12.3. The molecule has 0 amide bonds. The first kappa shape index (κ1) is 33.5. The third-order valence-electron chi connectivity index (χ3n) is 5.48. The molecule has 1 heterocycles. The number of nitrogens with one attached hydrogen (secondary N) is 2. The number of aromatic carboxylic acids is 1. The summed E-state index contributed by atoms with van der Waals surface area (Å²) in [6.45, 7) is 0. The molecule has 6 N–H and O–H groups in total. The second kappa shape index (κ2) is 13.3. The monoisotopic (exact) mass is 715 g/mol. The molecule has 234 valence electrons. The minimum atomic E-state index is -4.86. The summed E-state index contributed by atoms with van der Waals surface area (Å²) in [7, 11) is -9.59. The fraction of sp³-hybridized carbons (Fsp3) is 0. The van der Waals surface area contributed by atoms with Crippen molar-refractivity contribution in [2.75, 3.05) is 10.7 Å². The van der Waals surface area contributed by atoms with Gasteiger partial charge in [-0.05, 0) is 41.9 Å². The minimum Gasteiger partial charge on any atom is -0.504 e. The first-order valence-electron chi connectivity index (χ1n) is 11.7. The Kier molecular flexibility index (Phi) is 9.88. The van der Waals surface area contributed by atoms with Crippen molar-refractivity contribution >= 4 is 89.7 Å². The van der Waals surface area contributed by atoms with Crippen LogP contribution in [-0.4, -0.2) is 57.9 Å². The van der Waals surface area contributed by atoms with Gasteiger partial charge in [-0.15, -0.1) is 10.2 Å². The molecule has 0 unspecified atom stereocenters. The van der Waals surface area contributed by atoms with Crippen molar-refractivity contribution in [1.82, 2.24) is 9.97 Å². The van der Waals surface area contributed by atoms with Crippen molar-refractivity contribution in [2.24, 2.45) is 15.3 Å². The molecule has 21 heteroatoms. The molecule has 0 aliphatic heterocycles. The summed E-state index contributed by atoms with van der Waals surface area (Å²) in [5, 5.41) is 34.0. The lowest BCUT2D eigenvalue weighted by atomic mass is 10.2. The van der Waals surface area contributed by atoms with Crippen LogP contribution >= 0.6 is 34.8 Å². The zero-order chi connectivity index (χ0) is 33.1. The molecule has 4 rings (SSSR count). The van der Waals surface area contributed by atoms with E-state index in [1.165, 1.54) is 12.1 Å². The van der Waals surface area contributed by atoms with Gasteiger partial charge in [0, 0.05) is 5.56 Å². The maximum absolute atomic E-state index is 12.0. The number of hydrogen-bond acceptors (Lipinski definition) is 12. The van der Waals surface area contributed by atoms with Gasteiger partial charge in [0.2, 0.25) is 11.1 Å². The Hall–Kier alpha value is -4.43. The number of amidine groups is 1. The molecule has 4 aromatic rings. The Morgan fingerprint density at radius 3 is 2.11 bits per heavy atom. The summed E-state index contributed by atoms with van der Waals surface area (Å²) < 4.78 is 65.9. The van der Waals surface area contributed by atoms with Gasteiger partial charge in [-0.25, -0.2) is 9.78 Å². The molecule has 3 aromatic carbocycles. The van der Waals surface area contributed by atoms with Gasteiger partial charge in [-0.3, -0.25) is 14.5 Å². The van der Waals surface area contributed by atoms with E-state index >= 15 is 0 Å². The van der Waals surface area contributed by atoms with Crippen molar-refractivity contribution in [3.8, 4) is 5.75 Å². The van der Waals surface area contributed by atoms with E-state index in [0.29, 0.717) is 11.6 Å². The Bertz CT molecular complexity index is 2100. The number of phenols is 1. The molecular weight excluding hydrogens is 701 g/mol. The Balaban J connectivity index is 1.80. The number of aromatic hydroxyl groups is 1. The summed E-state index contributed by atoms with van der Waals surface area (Å²) >= 11 is 17.8. The molecule has 1 aromatic heterocycles. The Labute approximate surface area is 268 Å². The fourth-order valence-corrected chi connectivity index (χ4v) is 4.98. The standard InChI is InChI=1S/C24H16Cl3N7O9S2/c25-18-20(26)29-24(27)30-22(18)28-16-9-13(45(41,42)43)10-17(19(16)35)32-34-21(11-4-2-1-3-5-11)33-31-15-7-6-12(44(38,39)40)8-14(15)23(36)37/h1-10,32,35H,(H,36,37)(H,28,29,30)(H,38,39,40)(H,41,42,43). The van der Waals surface area contributed by atoms with Crippen LogP contribution < -0.4 is 10.7 Å². The molecule has 0 fully saturated rings. The van der Waals surface area contributed by atoms with Crippen LogP contribution in [0.15, 0.2) is 85.8 Å². The number of halogens is 3. The molecule has 0 aliphatic rings. The van der Waals surface area contributed by atoms with Crippen LogP contribution in [0.4, 0.5) is 22.9 Å². The molecular formula is C24H16Cl3N7O9S2. The first-order chi connectivity index (χ1) is 21.0. The number of anilines is 3. The van der Waals surface area contributed by atoms with E-state index in [1.807, 2.05) is 0 Å². The number of hydrogen-bond donors (Lipinski definition) is 6. The molecule has 45 heavy (non-hydrogen) atoms. The highest BCUT2D eigenvalue weighted by atomic mass is 35.5. The number of azo groups is 1. The van der Waals surface area contributed by atoms with E-state index < -0.39 is 53.0 Å². The SMILES string of the molecule is O=C(O)c1cc(S(=O)(=O)O)ccc1N=NC(=NNc1cc(S(=O)(=O)O)cc(Nc2nc(Cl)nc(Cl)c2Cl)c1O)c1ccccc1. The largest absolute Gasteiger partial charge is 0.504 e. The van der Waals surface area contributed by atoms with Crippen LogP contribution in [-0.2, 0) is 20.2 Å². The minimum absolute atomic E-state index is 0.230. The lowest BCUT2D eigenvalue weighted by Gasteiger charge is -2.14. The van der Waals surface area contributed by atoms with Gasteiger partial charge < -0.3 is 15.5 Å². The zero-order valence-corrected chi connectivity index (χ0v) is 25.7. The average molecular weight is 717 g/mol. The van der Waals surface area contributed by atoms with E-state index in [9.17, 15) is 40.9 Å². The van der Waals surface area contributed by atoms with Crippen molar-refractivity contribution in [3.63, 3.8) is 0 Å². The van der Waals surface area contributed by atoms with Crippen molar-refractivity contribution in [2.45, 2.75) is 9.79 Å². The fourth-order valence-electron chi connectivity index (χ4n) is 3.42. The van der Waals surface area contributed by atoms with Gasteiger partial charge in [0.05, 0.1) is 21.0 Å².